The standard InChI is InChI=1S/C21H27N5O2/c1-12-18(11-26(25-12)19-21(28-2)23-4-3-22-19)20(27)24-10-17-15-6-13-5-14(8-15)9-16(17)7-13/h3-4,11,13-17H,5-10H2,1-2H3,(H,24,27). The monoisotopic (exact) mass is 381 g/mol. The first-order valence-electron chi connectivity index (χ1n) is 10.3. The lowest BCUT2D eigenvalue weighted by Crippen LogP contribution is -2.49. The van der Waals surface area contributed by atoms with Crippen LogP contribution in [0.2, 0.25) is 0 Å². The van der Waals surface area contributed by atoms with Gasteiger partial charge in [0.15, 0.2) is 0 Å². The van der Waals surface area contributed by atoms with Crippen LogP contribution >= 0.6 is 0 Å². The van der Waals surface area contributed by atoms with Gasteiger partial charge in [-0.15, -0.1) is 0 Å². The van der Waals surface area contributed by atoms with Crippen molar-refractivity contribution >= 4 is 5.91 Å². The summed E-state index contributed by atoms with van der Waals surface area (Å²) in [6.45, 7) is 2.63. The van der Waals surface area contributed by atoms with Gasteiger partial charge in [0, 0.05) is 25.1 Å². The Balaban J connectivity index is 1.29. The molecule has 2 heterocycles. The summed E-state index contributed by atoms with van der Waals surface area (Å²) in [5.41, 5.74) is 1.26. The lowest BCUT2D eigenvalue weighted by molar-refractivity contribution is -0.0347. The molecule has 4 fully saturated rings. The highest BCUT2D eigenvalue weighted by molar-refractivity contribution is 5.95. The zero-order valence-corrected chi connectivity index (χ0v) is 16.5. The van der Waals surface area contributed by atoms with Gasteiger partial charge in [0.1, 0.15) is 0 Å². The molecule has 6 rings (SSSR count). The maximum atomic E-state index is 12.9. The van der Waals surface area contributed by atoms with Gasteiger partial charge in [-0.05, 0) is 68.6 Å². The molecule has 0 aromatic carbocycles. The number of nitrogens with one attached hydrogen (secondary N) is 1. The number of methoxy groups -OCH3 is 1. The normalized spacial score (nSPS) is 30.4. The molecule has 7 nitrogen and oxygen atoms in total. The minimum absolute atomic E-state index is 0.0552. The molecule has 1 N–H and O–H groups in total. The number of nitrogens with zero attached hydrogens (tertiary/aromatic N) is 4. The van der Waals surface area contributed by atoms with Crippen molar-refractivity contribution in [3.63, 3.8) is 0 Å². The van der Waals surface area contributed by atoms with Gasteiger partial charge in [-0.1, -0.05) is 0 Å². The number of ether oxygens (including phenoxy) is 1. The maximum Gasteiger partial charge on any atom is 0.259 e. The number of rotatable bonds is 5. The Morgan fingerprint density at radius 1 is 1.14 bits per heavy atom. The fraction of sp³-hybridized carbons (Fsp3) is 0.619. The molecule has 28 heavy (non-hydrogen) atoms. The van der Waals surface area contributed by atoms with Crippen LogP contribution in [0.25, 0.3) is 5.82 Å². The first-order valence-corrected chi connectivity index (χ1v) is 10.3. The molecule has 0 radical (unpaired) electrons. The van der Waals surface area contributed by atoms with Crippen molar-refractivity contribution in [3.8, 4) is 11.7 Å². The van der Waals surface area contributed by atoms with E-state index in [0.29, 0.717) is 28.9 Å². The highest BCUT2D eigenvalue weighted by Gasteiger charge is 2.47. The second-order valence-corrected chi connectivity index (χ2v) is 8.77. The third kappa shape index (κ3) is 2.97. The SMILES string of the molecule is COc1nccnc1-n1cc(C(=O)NCC2C3CC4CC(C3)CC2C4)c(C)n1. The molecule has 4 bridgehead atoms. The second kappa shape index (κ2) is 6.87. The molecule has 0 spiro atoms. The zero-order valence-electron chi connectivity index (χ0n) is 16.5. The van der Waals surface area contributed by atoms with Crippen LogP contribution in [0, 0.1) is 36.5 Å². The molecular formula is C21H27N5O2. The topological polar surface area (TPSA) is 81.9 Å². The first kappa shape index (κ1) is 17.6. The molecule has 2 aromatic heterocycles. The summed E-state index contributed by atoms with van der Waals surface area (Å²) < 4.78 is 6.82. The van der Waals surface area contributed by atoms with Crippen LogP contribution < -0.4 is 10.1 Å². The van der Waals surface area contributed by atoms with Crippen LogP contribution in [0.15, 0.2) is 18.6 Å². The van der Waals surface area contributed by atoms with Crippen LogP contribution in [-0.2, 0) is 0 Å². The Hall–Kier alpha value is -2.44. The molecule has 4 saturated carbocycles. The van der Waals surface area contributed by atoms with Crippen LogP contribution in [-0.4, -0.2) is 39.3 Å². The van der Waals surface area contributed by atoms with E-state index in [2.05, 4.69) is 20.4 Å². The van der Waals surface area contributed by atoms with E-state index >= 15 is 0 Å². The first-order chi connectivity index (χ1) is 13.6. The van der Waals surface area contributed by atoms with Crippen molar-refractivity contribution in [2.45, 2.75) is 39.0 Å². The highest BCUT2D eigenvalue weighted by Crippen LogP contribution is 2.56. The molecule has 0 saturated heterocycles. The van der Waals surface area contributed by atoms with E-state index in [4.69, 9.17) is 4.74 Å². The van der Waals surface area contributed by atoms with Crippen molar-refractivity contribution < 1.29 is 9.53 Å². The van der Waals surface area contributed by atoms with E-state index in [1.54, 1.807) is 30.4 Å². The van der Waals surface area contributed by atoms with E-state index in [0.717, 1.165) is 30.2 Å². The predicted octanol–water partition coefficient (Wildman–Crippen LogP) is 2.78. The number of amides is 1. The van der Waals surface area contributed by atoms with Gasteiger partial charge in [0.05, 0.1) is 18.4 Å². The van der Waals surface area contributed by atoms with E-state index < -0.39 is 0 Å². The Labute approximate surface area is 164 Å². The van der Waals surface area contributed by atoms with Gasteiger partial charge in [0.25, 0.3) is 11.8 Å². The van der Waals surface area contributed by atoms with E-state index in [-0.39, 0.29) is 5.91 Å². The molecular weight excluding hydrogens is 354 g/mol. The molecule has 4 aliphatic rings. The third-order valence-corrected chi connectivity index (χ3v) is 7.12. The second-order valence-electron chi connectivity index (χ2n) is 8.77. The Kier molecular flexibility index (Phi) is 4.33. The Morgan fingerprint density at radius 2 is 1.82 bits per heavy atom. The minimum atomic E-state index is -0.0552. The molecule has 0 atom stereocenters. The number of carbonyl (C=O) groups excluding carboxylic acids is 1. The summed E-state index contributed by atoms with van der Waals surface area (Å²) in [4.78, 5) is 21.3. The molecule has 0 aliphatic heterocycles. The van der Waals surface area contributed by atoms with Gasteiger partial charge in [-0.25, -0.2) is 14.6 Å². The summed E-state index contributed by atoms with van der Waals surface area (Å²) in [6, 6.07) is 0. The average Bonchev–Trinajstić information content (AvgIpc) is 3.08. The largest absolute Gasteiger partial charge is 0.478 e. The summed E-state index contributed by atoms with van der Waals surface area (Å²) in [5.74, 6) is 4.98. The maximum absolute atomic E-state index is 12.9. The molecule has 4 aliphatic carbocycles. The number of aromatic nitrogens is 4. The van der Waals surface area contributed by atoms with Gasteiger partial charge >= 0.3 is 0 Å². The van der Waals surface area contributed by atoms with Crippen LogP contribution in [0.1, 0.15) is 48.2 Å². The summed E-state index contributed by atoms with van der Waals surface area (Å²) in [7, 11) is 1.54. The third-order valence-electron chi connectivity index (χ3n) is 7.12. The van der Waals surface area contributed by atoms with Crippen LogP contribution in [0.5, 0.6) is 5.88 Å². The van der Waals surface area contributed by atoms with Gasteiger partial charge in [-0.2, -0.15) is 5.10 Å². The summed E-state index contributed by atoms with van der Waals surface area (Å²) >= 11 is 0. The van der Waals surface area contributed by atoms with Gasteiger partial charge < -0.3 is 10.1 Å². The summed E-state index contributed by atoms with van der Waals surface area (Å²) in [5, 5.41) is 7.65. The Morgan fingerprint density at radius 3 is 2.50 bits per heavy atom. The number of carbonyl (C=O) groups is 1. The average molecular weight is 381 g/mol. The molecule has 2 aromatic rings. The van der Waals surface area contributed by atoms with Crippen molar-refractivity contribution in [2.75, 3.05) is 13.7 Å². The number of hydrogen-bond donors (Lipinski definition) is 1. The van der Waals surface area contributed by atoms with E-state index in [1.807, 2.05) is 6.92 Å². The van der Waals surface area contributed by atoms with E-state index in [9.17, 15) is 4.79 Å². The van der Waals surface area contributed by atoms with Crippen molar-refractivity contribution in [1.82, 2.24) is 25.1 Å². The van der Waals surface area contributed by atoms with Crippen molar-refractivity contribution in [3.05, 3.63) is 29.8 Å². The zero-order chi connectivity index (χ0) is 19.3. The predicted molar refractivity (Wildman–Crippen MR) is 103 cm³/mol. The van der Waals surface area contributed by atoms with Crippen molar-refractivity contribution in [1.29, 1.82) is 0 Å². The fourth-order valence-corrected chi connectivity index (χ4v) is 6.09. The van der Waals surface area contributed by atoms with Crippen LogP contribution in [0.3, 0.4) is 0 Å². The molecule has 1 amide bonds. The summed E-state index contributed by atoms with van der Waals surface area (Å²) in [6.07, 6.45) is 11.8. The minimum Gasteiger partial charge on any atom is -0.478 e. The lowest BCUT2D eigenvalue weighted by atomic mass is 9.52. The number of aryl methyl sites for hydroxylation is 1. The fourth-order valence-electron chi connectivity index (χ4n) is 6.09. The number of hydrogen-bond acceptors (Lipinski definition) is 5. The Bertz CT molecular complexity index is 865. The van der Waals surface area contributed by atoms with Gasteiger partial charge in [-0.3, -0.25) is 4.79 Å². The molecule has 148 valence electrons. The van der Waals surface area contributed by atoms with Crippen LogP contribution in [0.4, 0.5) is 0 Å². The van der Waals surface area contributed by atoms with Gasteiger partial charge in [0.2, 0.25) is 5.82 Å². The molecule has 0 unspecified atom stereocenters. The van der Waals surface area contributed by atoms with Crippen molar-refractivity contribution in [2.24, 2.45) is 29.6 Å². The lowest BCUT2D eigenvalue weighted by Gasteiger charge is -2.54. The smallest absolute Gasteiger partial charge is 0.259 e. The highest BCUT2D eigenvalue weighted by atomic mass is 16.5. The quantitative estimate of drug-likeness (QED) is 0.861. The molecule has 7 heteroatoms. The van der Waals surface area contributed by atoms with E-state index in [1.165, 1.54) is 32.1 Å².